The smallest absolute Gasteiger partial charge is 0.115 e. The van der Waals surface area contributed by atoms with Crippen molar-refractivity contribution in [2.75, 3.05) is 4.90 Å². The van der Waals surface area contributed by atoms with Crippen LogP contribution in [0.15, 0.2) is 42.5 Å². The number of hydrogen-bond acceptors (Lipinski definition) is 1. The SMILES string of the molecule is [B]c1cc(C2(c3c([B])c([B])c([B])c([B])c3[B])c3c([B])cc([B])c([B])c3-c3c([B])c([B])c([B])c([B])c32)cc(-c2c([B])c([B])c(N(c3cc([B])c4c(c3)C(C)(C)c3c-4cc([B])c([B])c3[B])c3cc([B])c([B])c([B])c3[B])c([B])c2[B])c1[B]. The number of rotatable bonds is 6. The lowest BCUT2D eigenvalue weighted by Gasteiger charge is -2.42. The van der Waals surface area contributed by atoms with Gasteiger partial charge in [0.1, 0.15) is 204 Å². The van der Waals surface area contributed by atoms with E-state index in [0.29, 0.717) is 33.4 Å². The highest BCUT2D eigenvalue weighted by atomic mass is 15.1. The molecule has 2 aliphatic carbocycles. The van der Waals surface area contributed by atoms with Crippen molar-refractivity contribution in [2.24, 2.45) is 0 Å². The molecule has 1 nitrogen and oxygen atoms in total. The standard InChI is InChI=1S/C52H13B26N/c1-51(2)14-5-11(6-15(53)22(14)12-7-18(56)32(61)38(67)26(12)51)79(21-9-20(58)33(62)42(71)34(21)63)50-48(77)35(64)23(36(65)49(50)78)13-3-10(4-17(55)30(13)59)52(29-40(69)45(74)47(76)46(75)41(29)70)27-16(54)8-19(57)31(60)24(27)25-28(52)39(68)44(73)43(72)37(25)66/h3-9H,1-2H3. The van der Waals surface area contributed by atoms with Crippen molar-refractivity contribution < 1.29 is 0 Å². The number of fused-ring (bicyclic) bond motifs is 6. The van der Waals surface area contributed by atoms with Crippen LogP contribution >= 0.6 is 0 Å². The molecule has 27 heteroatoms. The molecule has 2 aliphatic rings. The predicted molar refractivity (Wildman–Crippen MR) is 362 cm³/mol. The van der Waals surface area contributed by atoms with Crippen LogP contribution in [0.1, 0.15) is 47.2 Å². The van der Waals surface area contributed by atoms with Crippen LogP contribution in [-0.2, 0) is 10.8 Å². The van der Waals surface area contributed by atoms with Gasteiger partial charge in [0.25, 0.3) is 0 Å². The second-order valence-electron chi connectivity index (χ2n) is 20.6. The minimum atomic E-state index is -2.01. The molecule has 0 fully saturated rings. The molecule has 1 unspecified atom stereocenters. The lowest BCUT2D eigenvalue weighted by Crippen LogP contribution is -2.61. The molecule has 52 radical (unpaired) electrons. The van der Waals surface area contributed by atoms with E-state index in [2.05, 4.69) is 0 Å². The maximum absolute atomic E-state index is 7.30. The van der Waals surface area contributed by atoms with Crippen LogP contribution in [0.2, 0.25) is 0 Å². The maximum Gasteiger partial charge on any atom is 0.115 e. The van der Waals surface area contributed by atoms with Crippen molar-refractivity contribution in [2.45, 2.75) is 24.7 Å². The zero-order chi connectivity index (χ0) is 58.2. The summed E-state index contributed by atoms with van der Waals surface area (Å²) in [5, 5.41) is 0. The van der Waals surface area contributed by atoms with Crippen LogP contribution in [0.4, 0.5) is 17.1 Å². The number of hydrogen-bond donors (Lipinski definition) is 0. The minimum absolute atomic E-state index is 0.00178. The Morgan fingerprint density at radius 2 is 0.722 bits per heavy atom. The van der Waals surface area contributed by atoms with Gasteiger partial charge in [-0.1, -0.05) is 104 Å². The summed E-state index contributed by atoms with van der Waals surface area (Å²) in [4.78, 5) is 1.56. The van der Waals surface area contributed by atoms with Gasteiger partial charge in [0.15, 0.2) is 0 Å². The lowest BCUT2D eigenvalue weighted by atomic mass is 9.50. The van der Waals surface area contributed by atoms with E-state index in [0.717, 1.165) is 0 Å². The predicted octanol–water partition coefficient (Wildman–Crippen LogP) is -17.9. The first-order valence-corrected chi connectivity index (χ1v) is 24.0. The molecule has 79 heavy (non-hydrogen) atoms. The van der Waals surface area contributed by atoms with Crippen LogP contribution < -0.4 is 147 Å². The second-order valence-corrected chi connectivity index (χ2v) is 20.6. The van der Waals surface area contributed by atoms with E-state index in [4.69, 9.17) is 204 Å². The quantitative estimate of drug-likeness (QED) is 0.150. The number of benzene rings is 8. The molecule has 0 N–H and O–H groups in total. The highest BCUT2D eigenvalue weighted by Gasteiger charge is 2.51. The third-order valence-corrected chi connectivity index (χ3v) is 16.1. The Hall–Kier alpha value is -4.75. The summed E-state index contributed by atoms with van der Waals surface area (Å²) in [6.07, 6.45) is 0. The van der Waals surface area contributed by atoms with E-state index in [-0.39, 0.29) is 192 Å². The Kier molecular flexibility index (Phi) is 14.1. The summed E-state index contributed by atoms with van der Waals surface area (Å²) < 4.78 is 0. The van der Waals surface area contributed by atoms with Crippen LogP contribution in [0, 0.1) is 0 Å². The molecule has 0 saturated carbocycles. The third kappa shape index (κ3) is 7.74. The molecule has 0 saturated heterocycles. The molecule has 0 bridgehead atoms. The van der Waals surface area contributed by atoms with E-state index >= 15 is 0 Å². The van der Waals surface area contributed by atoms with E-state index in [1.807, 2.05) is 19.9 Å². The van der Waals surface area contributed by atoms with Crippen LogP contribution in [0.5, 0.6) is 0 Å². The van der Waals surface area contributed by atoms with Crippen molar-refractivity contribution in [3.63, 3.8) is 0 Å². The normalized spacial score (nSPS) is 14.7. The largest absolute Gasteiger partial charge is 0.312 e. The highest BCUT2D eigenvalue weighted by molar-refractivity contribution is 6.70. The van der Waals surface area contributed by atoms with E-state index in [1.165, 1.54) is 18.2 Å². The van der Waals surface area contributed by atoms with Crippen LogP contribution in [-0.4, -0.2) is 204 Å². The molecule has 8 aromatic rings. The van der Waals surface area contributed by atoms with Gasteiger partial charge in [-0.25, -0.2) is 0 Å². The fraction of sp³-hybridized carbons (Fsp3) is 0.0769. The van der Waals surface area contributed by atoms with Crippen molar-refractivity contribution in [1.82, 2.24) is 0 Å². The maximum atomic E-state index is 7.30. The Morgan fingerprint density at radius 3 is 1.30 bits per heavy atom. The highest BCUT2D eigenvalue weighted by Crippen LogP contribution is 2.53. The summed E-state index contributed by atoms with van der Waals surface area (Å²) in [5.41, 5.74) is 0.371. The van der Waals surface area contributed by atoms with Crippen LogP contribution in [0.25, 0.3) is 33.4 Å². The van der Waals surface area contributed by atoms with E-state index < -0.39 is 10.8 Å². The molecule has 8 aromatic carbocycles. The van der Waals surface area contributed by atoms with Gasteiger partial charge in [-0.05, 0) is 85.0 Å². The topological polar surface area (TPSA) is 3.24 Å². The van der Waals surface area contributed by atoms with Crippen molar-refractivity contribution in [1.29, 1.82) is 0 Å². The number of anilines is 3. The fourth-order valence-electron chi connectivity index (χ4n) is 12.0. The minimum Gasteiger partial charge on any atom is -0.312 e. The lowest BCUT2D eigenvalue weighted by molar-refractivity contribution is 0.665. The van der Waals surface area contributed by atoms with E-state index in [9.17, 15) is 0 Å². The Labute approximate surface area is 498 Å². The van der Waals surface area contributed by atoms with Crippen molar-refractivity contribution in [3.05, 3.63) is 75.8 Å². The molecule has 0 aliphatic heterocycles. The summed E-state index contributed by atoms with van der Waals surface area (Å²) >= 11 is 0. The van der Waals surface area contributed by atoms with Gasteiger partial charge in [-0.15, -0.1) is 76.5 Å². The zero-order valence-electron chi connectivity index (χ0n) is 43.0. The van der Waals surface area contributed by atoms with Gasteiger partial charge < -0.3 is 4.90 Å². The Balaban J connectivity index is 1.32. The van der Waals surface area contributed by atoms with Gasteiger partial charge >= 0.3 is 0 Å². The summed E-state index contributed by atoms with van der Waals surface area (Å²) in [5.74, 6) is 0. The van der Waals surface area contributed by atoms with Gasteiger partial charge in [0.2, 0.25) is 0 Å². The van der Waals surface area contributed by atoms with E-state index in [1.54, 1.807) is 23.1 Å². The molecule has 304 valence electrons. The summed E-state index contributed by atoms with van der Waals surface area (Å²) in [7, 11) is 178. The monoisotopic (exact) mass is 937 g/mol. The van der Waals surface area contributed by atoms with Crippen molar-refractivity contribution in [3.8, 4) is 33.4 Å². The first-order valence-electron chi connectivity index (χ1n) is 24.0. The van der Waals surface area contributed by atoms with Gasteiger partial charge in [-0.3, -0.25) is 0 Å². The Bertz CT molecular complexity index is 4090. The second kappa shape index (κ2) is 19.4. The van der Waals surface area contributed by atoms with Crippen LogP contribution in [0.3, 0.4) is 0 Å². The summed E-state index contributed by atoms with van der Waals surface area (Å²) in [6.45, 7) is 3.92. The molecular weight excluding hydrogens is 920 g/mol. The van der Waals surface area contributed by atoms with Crippen molar-refractivity contribution >= 4 is 363 Å². The third-order valence-electron chi connectivity index (χ3n) is 16.1. The summed E-state index contributed by atoms with van der Waals surface area (Å²) in [6, 6.07) is 11.2. The van der Waals surface area contributed by atoms with Gasteiger partial charge in [-0.2, -0.15) is 0 Å². The average molecular weight is 933 g/mol. The van der Waals surface area contributed by atoms with Gasteiger partial charge in [0, 0.05) is 22.5 Å². The molecule has 10 rings (SSSR count). The zero-order valence-corrected chi connectivity index (χ0v) is 43.0. The average Bonchev–Trinajstić information content (AvgIpc) is 2.62. The first kappa shape index (κ1) is 57.5. The Morgan fingerprint density at radius 1 is 0.278 bits per heavy atom. The fourth-order valence-corrected chi connectivity index (χ4v) is 12.0. The molecule has 0 aromatic heterocycles. The molecule has 0 amide bonds. The molecule has 1 atom stereocenters. The van der Waals surface area contributed by atoms with Gasteiger partial charge in [0.05, 0.1) is 5.41 Å². The molecule has 0 heterocycles. The molecular formula is C52H13B26N. The number of nitrogens with zero attached hydrogens (tertiary/aromatic N) is 1. The first-order chi connectivity index (χ1) is 36.8. The molecule has 0 spiro atoms.